The third-order valence-electron chi connectivity index (χ3n) is 5.91. The second-order valence-corrected chi connectivity index (χ2v) is 9.08. The minimum atomic E-state index is -4.78. The summed E-state index contributed by atoms with van der Waals surface area (Å²) >= 11 is 0. The lowest BCUT2D eigenvalue weighted by Gasteiger charge is -2.17. The number of aromatic nitrogens is 5. The van der Waals surface area contributed by atoms with E-state index in [1.807, 2.05) is 6.92 Å². The number of ether oxygens (including phenoxy) is 3. The van der Waals surface area contributed by atoms with E-state index in [9.17, 15) is 22.4 Å². The van der Waals surface area contributed by atoms with Crippen molar-refractivity contribution in [1.82, 2.24) is 29.9 Å². The van der Waals surface area contributed by atoms with Gasteiger partial charge in [0.1, 0.15) is 11.8 Å². The summed E-state index contributed by atoms with van der Waals surface area (Å²) in [6, 6.07) is 3.10. The number of hydrogen-bond donors (Lipinski definition) is 3. The molecule has 1 saturated carbocycles. The van der Waals surface area contributed by atoms with Gasteiger partial charge in [0.15, 0.2) is 18.1 Å². The number of carbonyl (C=O) groups excluding carboxylic acids is 1. The second-order valence-electron chi connectivity index (χ2n) is 9.08. The van der Waals surface area contributed by atoms with Crippen LogP contribution in [0, 0.1) is 6.92 Å². The van der Waals surface area contributed by atoms with Gasteiger partial charge in [-0.15, -0.1) is 13.2 Å². The summed E-state index contributed by atoms with van der Waals surface area (Å²) in [7, 11) is 0. The van der Waals surface area contributed by atoms with Crippen molar-refractivity contribution in [3.63, 3.8) is 0 Å². The van der Waals surface area contributed by atoms with Crippen LogP contribution in [-0.2, 0) is 20.8 Å². The zero-order valence-electron chi connectivity index (χ0n) is 19.2. The van der Waals surface area contributed by atoms with Crippen molar-refractivity contribution in [3.8, 4) is 0 Å². The molecule has 36 heavy (non-hydrogen) atoms. The summed E-state index contributed by atoms with van der Waals surface area (Å²) in [6.45, 7) is 2.71. The lowest BCUT2D eigenvalue weighted by Crippen LogP contribution is -2.39. The van der Waals surface area contributed by atoms with Crippen molar-refractivity contribution in [2.75, 3.05) is 11.9 Å². The lowest BCUT2D eigenvalue weighted by molar-refractivity contribution is -0.330. The molecule has 15 heteroatoms. The molecule has 0 aromatic carbocycles. The van der Waals surface area contributed by atoms with E-state index in [4.69, 9.17) is 9.47 Å². The quantitative estimate of drug-likeness (QED) is 0.409. The minimum Gasteiger partial charge on any atom is -0.441 e. The van der Waals surface area contributed by atoms with Gasteiger partial charge in [-0.3, -0.25) is 14.2 Å². The summed E-state index contributed by atoms with van der Waals surface area (Å²) in [5.41, 5.74) is 0.969. The lowest BCUT2D eigenvalue weighted by atomic mass is 10.1. The highest BCUT2D eigenvalue weighted by Crippen LogP contribution is 2.36. The monoisotopic (exact) mass is 513 g/mol. The van der Waals surface area contributed by atoms with Crippen molar-refractivity contribution < 1.29 is 36.6 Å². The number of anilines is 2. The number of nitrogens with zero attached hydrogens (tertiary/aromatic N) is 4. The number of imidazole rings is 1. The molecule has 11 nitrogen and oxygen atoms in total. The van der Waals surface area contributed by atoms with Crippen molar-refractivity contribution in [2.45, 2.75) is 63.6 Å². The number of amides is 1. The molecule has 4 heterocycles. The molecular weight excluding hydrogens is 490 g/mol. The van der Waals surface area contributed by atoms with Crippen LogP contribution in [0.3, 0.4) is 0 Å². The van der Waals surface area contributed by atoms with E-state index in [-0.39, 0.29) is 29.6 Å². The number of carbonyl (C=O) groups is 1. The first-order chi connectivity index (χ1) is 17.0. The molecule has 0 unspecified atom stereocenters. The zero-order chi connectivity index (χ0) is 25.7. The average Bonchev–Trinajstić information content (AvgIpc) is 3.12. The maximum atomic E-state index is 15.0. The van der Waals surface area contributed by atoms with Gasteiger partial charge in [0.2, 0.25) is 5.95 Å². The Morgan fingerprint density at radius 1 is 1.33 bits per heavy atom. The second kappa shape index (κ2) is 8.89. The molecule has 1 saturated heterocycles. The molecule has 3 atom stereocenters. The van der Waals surface area contributed by atoms with Crippen LogP contribution < -0.4 is 10.6 Å². The number of nitrogens with one attached hydrogen (secondary N) is 3. The van der Waals surface area contributed by atoms with Gasteiger partial charge < -0.3 is 20.1 Å². The van der Waals surface area contributed by atoms with Crippen molar-refractivity contribution in [2.24, 2.45) is 0 Å². The van der Waals surface area contributed by atoms with Crippen LogP contribution in [0.4, 0.5) is 34.1 Å². The smallest absolute Gasteiger partial charge is 0.441 e. The molecule has 2 aliphatic rings. The largest absolute Gasteiger partial charge is 0.522 e. The number of aromatic amines is 1. The number of halogens is 4. The van der Waals surface area contributed by atoms with Gasteiger partial charge in [-0.25, -0.2) is 19.2 Å². The third kappa shape index (κ3) is 5.36. The summed E-state index contributed by atoms with van der Waals surface area (Å²) in [4.78, 5) is 20.5. The predicted molar refractivity (Wildman–Crippen MR) is 115 cm³/mol. The summed E-state index contributed by atoms with van der Waals surface area (Å²) in [5.74, 6) is 0.482. The zero-order valence-corrected chi connectivity index (χ0v) is 19.2. The molecule has 0 spiro atoms. The van der Waals surface area contributed by atoms with Crippen molar-refractivity contribution in [3.05, 3.63) is 35.4 Å². The predicted octanol–water partition coefficient (Wildman–Crippen LogP) is 3.60. The fourth-order valence-electron chi connectivity index (χ4n) is 3.79. The molecule has 0 radical (unpaired) electrons. The molecule has 3 aromatic rings. The first-order valence-electron chi connectivity index (χ1n) is 11.1. The topological polar surface area (TPSA) is 128 Å². The van der Waals surface area contributed by atoms with Gasteiger partial charge >= 0.3 is 12.5 Å². The Labute approximate surface area is 201 Å². The molecule has 5 rings (SSSR count). The first kappa shape index (κ1) is 24.2. The summed E-state index contributed by atoms with van der Waals surface area (Å²) in [6.07, 6.45) is -6.15. The standard InChI is InChI=1S/C21H23F4N7O4/c1-10-5-15-27-11(8-35-21(23,24)25)7-32(15)18(26-10)28-14-6-12(30-31-14)17-16(22)13(9-34-17)36-19(33)29-20(2)3-4-20/h5-7,13,16-17H,3-4,8-9H2,1-2H3,(H,29,33)(H2,26,28,30,31)/t13-,16+,17-/m1/s1. The SMILES string of the molecule is Cc1cc2nc(COC(F)(F)F)cn2c(Nc2cc([C@H]3OC[C@@H](OC(=O)NC4(C)CC4)[C@@H]3F)[nH]n2)n1. The number of rotatable bonds is 7. The Hall–Kier alpha value is -3.46. The normalized spacial score (nSPS) is 23.1. The third-order valence-corrected chi connectivity index (χ3v) is 5.91. The molecule has 1 amide bonds. The van der Waals surface area contributed by atoms with Gasteiger partial charge in [-0.05, 0) is 26.7 Å². The van der Waals surface area contributed by atoms with E-state index in [0.717, 1.165) is 12.8 Å². The Kier molecular flexibility index (Phi) is 5.98. The number of H-pyrrole nitrogens is 1. The summed E-state index contributed by atoms with van der Waals surface area (Å²) in [5, 5.41) is 12.4. The number of alkyl halides is 4. The van der Waals surface area contributed by atoms with Gasteiger partial charge in [-0.1, -0.05) is 0 Å². The molecule has 2 fully saturated rings. The van der Waals surface area contributed by atoms with Crippen LogP contribution in [0.1, 0.15) is 43.0 Å². The Balaban J connectivity index is 1.26. The highest BCUT2D eigenvalue weighted by atomic mass is 19.4. The Morgan fingerprint density at radius 2 is 2.11 bits per heavy atom. The van der Waals surface area contributed by atoms with Crippen LogP contribution in [0.5, 0.6) is 0 Å². The van der Waals surface area contributed by atoms with Crippen LogP contribution in [0.15, 0.2) is 18.3 Å². The van der Waals surface area contributed by atoms with E-state index in [0.29, 0.717) is 17.0 Å². The van der Waals surface area contributed by atoms with E-state index < -0.39 is 37.4 Å². The van der Waals surface area contributed by atoms with Gasteiger partial charge in [0.25, 0.3) is 0 Å². The molecule has 1 aliphatic carbocycles. The van der Waals surface area contributed by atoms with Crippen molar-refractivity contribution >= 4 is 23.5 Å². The fourth-order valence-corrected chi connectivity index (χ4v) is 3.79. The molecule has 3 aromatic heterocycles. The molecule has 3 N–H and O–H groups in total. The maximum Gasteiger partial charge on any atom is 0.522 e. The van der Waals surface area contributed by atoms with Gasteiger partial charge in [-0.2, -0.15) is 5.10 Å². The maximum absolute atomic E-state index is 15.0. The molecule has 1 aliphatic heterocycles. The number of alkyl carbamates (subject to hydrolysis) is 1. The first-order valence-corrected chi connectivity index (χ1v) is 11.1. The van der Waals surface area contributed by atoms with Gasteiger partial charge in [0, 0.05) is 29.6 Å². The number of hydrogen-bond acceptors (Lipinski definition) is 8. The van der Waals surface area contributed by atoms with E-state index in [2.05, 4.69) is 35.5 Å². The van der Waals surface area contributed by atoms with E-state index in [1.165, 1.54) is 16.7 Å². The fraction of sp³-hybridized carbons (Fsp3) is 0.524. The van der Waals surface area contributed by atoms with Crippen LogP contribution in [-0.4, -0.2) is 61.4 Å². The van der Waals surface area contributed by atoms with Crippen LogP contribution >= 0.6 is 0 Å². The van der Waals surface area contributed by atoms with E-state index in [1.54, 1.807) is 13.0 Å². The highest BCUT2D eigenvalue weighted by Gasteiger charge is 2.44. The van der Waals surface area contributed by atoms with E-state index >= 15 is 0 Å². The Morgan fingerprint density at radius 3 is 2.83 bits per heavy atom. The van der Waals surface area contributed by atoms with Crippen LogP contribution in [0.2, 0.25) is 0 Å². The average molecular weight is 513 g/mol. The van der Waals surface area contributed by atoms with Crippen LogP contribution in [0.25, 0.3) is 5.65 Å². The molecule has 194 valence electrons. The molecule has 0 bridgehead atoms. The highest BCUT2D eigenvalue weighted by molar-refractivity contribution is 5.69. The molecular formula is C21H23F4N7O4. The number of fused-ring (bicyclic) bond motifs is 1. The van der Waals surface area contributed by atoms with Crippen molar-refractivity contribution in [1.29, 1.82) is 0 Å². The van der Waals surface area contributed by atoms with Gasteiger partial charge in [0.05, 0.1) is 24.6 Å². The summed E-state index contributed by atoms with van der Waals surface area (Å²) < 4.78 is 68.1. The minimum absolute atomic E-state index is 0.0517. The Bertz CT molecular complexity index is 1270. The number of aryl methyl sites for hydroxylation is 1.